The molecule has 1 N–H and O–H groups in total. The zero-order chi connectivity index (χ0) is 14.8. The molecule has 0 saturated carbocycles. The third-order valence-corrected chi connectivity index (χ3v) is 3.76. The third kappa shape index (κ3) is 4.02. The second kappa shape index (κ2) is 6.22. The summed E-state index contributed by atoms with van der Waals surface area (Å²) in [6.07, 6.45) is -3.72. The van der Waals surface area contributed by atoms with Gasteiger partial charge in [0.2, 0.25) is 0 Å². The molecule has 1 aromatic carbocycles. The van der Waals surface area contributed by atoms with Crippen LogP contribution in [0.1, 0.15) is 6.42 Å². The molecular formula is C13H16BrF3N2O. The zero-order valence-electron chi connectivity index (χ0n) is 11.0. The SMILES string of the molecule is CNCC1CCN(c2ccc(Br)cc2OC(F)(F)F)C1. The largest absolute Gasteiger partial charge is 0.573 e. The number of hydrogen-bond acceptors (Lipinski definition) is 3. The lowest BCUT2D eigenvalue weighted by molar-refractivity contribution is -0.274. The summed E-state index contributed by atoms with van der Waals surface area (Å²) in [4.78, 5) is 1.94. The standard InChI is InChI=1S/C13H16BrF3N2O/c1-18-7-9-4-5-19(8-9)11-3-2-10(14)6-12(11)20-13(15,16)17/h2-3,6,9,18H,4-5,7-8H2,1H3. The third-order valence-electron chi connectivity index (χ3n) is 3.27. The van der Waals surface area contributed by atoms with Crippen LogP contribution in [0.15, 0.2) is 22.7 Å². The van der Waals surface area contributed by atoms with E-state index in [4.69, 9.17) is 0 Å². The quantitative estimate of drug-likeness (QED) is 0.898. The van der Waals surface area contributed by atoms with Gasteiger partial charge >= 0.3 is 6.36 Å². The molecule has 1 saturated heterocycles. The smallest absolute Gasteiger partial charge is 0.404 e. The summed E-state index contributed by atoms with van der Waals surface area (Å²) in [7, 11) is 1.88. The van der Waals surface area contributed by atoms with Gasteiger partial charge in [-0.3, -0.25) is 0 Å². The van der Waals surface area contributed by atoms with Gasteiger partial charge in [0.05, 0.1) is 5.69 Å². The van der Waals surface area contributed by atoms with Gasteiger partial charge in [0.15, 0.2) is 5.75 Å². The van der Waals surface area contributed by atoms with Gasteiger partial charge in [0, 0.05) is 17.6 Å². The Labute approximate surface area is 124 Å². The van der Waals surface area contributed by atoms with E-state index in [1.54, 1.807) is 12.1 Å². The highest BCUT2D eigenvalue weighted by molar-refractivity contribution is 9.10. The molecule has 1 atom stereocenters. The number of ether oxygens (including phenoxy) is 1. The minimum atomic E-state index is -4.68. The molecule has 1 fully saturated rings. The van der Waals surface area contributed by atoms with Crippen molar-refractivity contribution < 1.29 is 17.9 Å². The minimum absolute atomic E-state index is 0.156. The molecule has 1 aromatic rings. The summed E-state index contributed by atoms with van der Waals surface area (Å²) in [5, 5.41) is 3.10. The second-order valence-corrected chi connectivity index (χ2v) is 5.73. The summed E-state index contributed by atoms with van der Waals surface area (Å²) in [6, 6.07) is 4.74. The fourth-order valence-electron chi connectivity index (χ4n) is 2.46. The van der Waals surface area contributed by atoms with Crippen molar-refractivity contribution in [3.05, 3.63) is 22.7 Å². The van der Waals surface area contributed by atoms with Crippen molar-refractivity contribution in [1.29, 1.82) is 0 Å². The number of nitrogens with one attached hydrogen (secondary N) is 1. The van der Waals surface area contributed by atoms with E-state index in [-0.39, 0.29) is 5.75 Å². The van der Waals surface area contributed by atoms with Crippen molar-refractivity contribution >= 4 is 21.6 Å². The van der Waals surface area contributed by atoms with E-state index in [9.17, 15) is 13.2 Å². The van der Waals surface area contributed by atoms with Crippen LogP contribution in [0.25, 0.3) is 0 Å². The Kier molecular flexibility index (Phi) is 4.80. The van der Waals surface area contributed by atoms with Gasteiger partial charge in [-0.15, -0.1) is 13.2 Å². The molecule has 2 rings (SSSR count). The van der Waals surface area contributed by atoms with Gasteiger partial charge in [0.1, 0.15) is 0 Å². The maximum Gasteiger partial charge on any atom is 0.573 e. The van der Waals surface area contributed by atoms with Gasteiger partial charge in [-0.25, -0.2) is 0 Å². The van der Waals surface area contributed by atoms with E-state index >= 15 is 0 Å². The van der Waals surface area contributed by atoms with Crippen LogP contribution >= 0.6 is 15.9 Å². The first kappa shape index (κ1) is 15.4. The highest BCUT2D eigenvalue weighted by atomic mass is 79.9. The molecule has 0 radical (unpaired) electrons. The fraction of sp³-hybridized carbons (Fsp3) is 0.538. The molecule has 112 valence electrons. The van der Waals surface area contributed by atoms with Crippen molar-refractivity contribution in [2.75, 3.05) is 31.6 Å². The molecule has 0 aliphatic carbocycles. The minimum Gasteiger partial charge on any atom is -0.404 e. The average molecular weight is 353 g/mol. The van der Waals surface area contributed by atoms with Crippen molar-refractivity contribution in [1.82, 2.24) is 5.32 Å². The maximum absolute atomic E-state index is 12.5. The Morgan fingerprint density at radius 2 is 2.20 bits per heavy atom. The van der Waals surface area contributed by atoms with E-state index in [1.807, 2.05) is 11.9 Å². The predicted molar refractivity (Wildman–Crippen MR) is 75.1 cm³/mol. The Morgan fingerprint density at radius 3 is 2.85 bits per heavy atom. The summed E-state index contributed by atoms with van der Waals surface area (Å²) in [5.74, 6) is 0.291. The molecule has 7 heteroatoms. The molecule has 3 nitrogen and oxygen atoms in total. The summed E-state index contributed by atoms with van der Waals surface area (Å²) in [6.45, 7) is 2.33. The first-order chi connectivity index (χ1) is 9.39. The van der Waals surface area contributed by atoms with Gasteiger partial charge in [-0.1, -0.05) is 15.9 Å². The van der Waals surface area contributed by atoms with E-state index in [2.05, 4.69) is 26.0 Å². The van der Waals surface area contributed by atoms with Crippen LogP contribution in [0.4, 0.5) is 18.9 Å². The molecule has 1 heterocycles. The van der Waals surface area contributed by atoms with Gasteiger partial charge in [-0.2, -0.15) is 0 Å². The van der Waals surface area contributed by atoms with Crippen LogP contribution in [-0.4, -0.2) is 33.0 Å². The maximum atomic E-state index is 12.5. The first-order valence-electron chi connectivity index (χ1n) is 6.34. The van der Waals surface area contributed by atoms with Crippen LogP contribution in [-0.2, 0) is 0 Å². The fourth-order valence-corrected chi connectivity index (χ4v) is 2.80. The number of nitrogens with zero attached hydrogens (tertiary/aromatic N) is 1. The van der Waals surface area contributed by atoms with Gasteiger partial charge in [0.25, 0.3) is 0 Å². The number of halogens is 4. The predicted octanol–water partition coefficient (Wildman–Crippen LogP) is 3.39. The topological polar surface area (TPSA) is 24.5 Å². The van der Waals surface area contributed by atoms with E-state index in [0.29, 0.717) is 16.1 Å². The van der Waals surface area contributed by atoms with Crippen molar-refractivity contribution in [3.8, 4) is 5.75 Å². The number of rotatable bonds is 4. The van der Waals surface area contributed by atoms with Crippen LogP contribution in [0.5, 0.6) is 5.75 Å². The number of benzene rings is 1. The molecule has 1 aliphatic heterocycles. The number of anilines is 1. The Morgan fingerprint density at radius 1 is 1.45 bits per heavy atom. The van der Waals surface area contributed by atoms with Crippen LogP contribution in [0.3, 0.4) is 0 Å². The lowest BCUT2D eigenvalue weighted by atomic mass is 10.1. The summed E-state index contributed by atoms with van der Waals surface area (Å²) in [5.41, 5.74) is 0.490. The van der Waals surface area contributed by atoms with Gasteiger partial charge < -0.3 is 15.0 Å². The van der Waals surface area contributed by atoms with Crippen LogP contribution in [0, 0.1) is 5.92 Å². The molecule has 1 aliphatic rings. The van der Waals surface area contributed by atoms with E-state index < -0.39 is 6.36 Å². The molecule has 20 heavy (non-hydrogen) atoms. The summed E-state index contributed by atoms with van der Waals surface area (Å²) >= 11 is 3.17. The molecule has 0 spiro atoms. The second-order valence-electron chi connectivity index (χ2n) is 4.82. The Hall–Kier alpha value is -0.950. The molecular weight excluding hydrogens is 337 g/mol. The molecule has 1 unspecified atom stereocenters. The monoisotopic (exact) mass is 352 g/mol. The zero-order valence-corrected chi connectivity index (χ0v) is 12.6. The highest BCUT2D eigenvalue weighted by Crippen LogP contribution is 2.37. The molecule has 0 aromatic heterocycles. The Balaban J connectivity index is 2.19. The number of hydrogen-bond donors (Lipinski definition) is 1. The number of alkyl halides is 3. The Bertz CT molecular complexity index is 467. The van der Waals surface area contributed by atoms with Crippen molar-refractivity contribution in [2.45, 2.75) is 12.8 Å². The lowest BCUT2D eigenvalue weighted by Crippen LogP contribution is -2.26. The van der Waals surface area contributed by atoms with Gasteiger partial charge in [-0.05, 0) is 44.1 Å². The normalized spacial score (nSPS) is 19.4. The van der Waals surface area contributed by atoms with E-state index in [1.165, 1.54) is 6.07 Å². The van der Waals surface area contributed by atoms with Crippen molar-refractivity contribution in [3.63, 3.8) is 0 Å². The molecule has 0 amide bonds. The van der Waals surface area contributed by atoms with Crippen LogP contribution in [0.2, 0.25) is 0 Å². The van der Waals surface area contributed by atoms with Crippen molar-refractivity contribution in [2.24, 2.45) is 5.92 Å². The van der Waals surface area contributed by atoms with E-state index in [0.717, 1.165) is 26.1 Å². The first-order valence-corrected chi connectivity index (χ1v) is 7.13. The summed E-state index contributed by atoms with van der Waals surface area (Å²) < 4.78 is 42.1. The average Bonchev–Trinajstić information content (AvgIpc) is 2.76. The van der Waals surface area contributed by atoms with Crippen LogP contribution < -0.4 is 15.0 Å². The highest BCUT2D eigenvalue weighted by Gasteiger charge is 2.34. The molecule has 0 bridgehead atoms. The lowest BCUT2D eigenvalue weighted by Gasteiger charge is -2.22.